The number of benzene rings is 1. The minimum absolute atomic E-state index is 0.170. The highest BCUT2D eigenvalue weighted by molar-refractivity contribution is 9.10. The Morgan fingerprint density at radius 1 is 1.33 bits per heavy atom. The van der Waals surface area contributed by atoms with Gasteiger partial charge in [0.15, 0.2) is 11.5 Å². The van der Waals surface area contributed by atoms with Gasteiger partial charge in [0.2, 0.25) is 0 Å². The first-order valence-electron chi connectivity index (χ1n) is 6.86. The Morgan fingerprint density at radius 2 is 2.05 bits per heavy atom. The van der Waals surface area contributed by atoms with Crippen LogP contribution in [-0.2, 0) is 16.1 Å². The van der Waals surface area contributed by atoms with Crippen molar-refractivity contribution in [2.45, 2.75) is 32.9 Å². The molecule has 1 aliphatic rings. The third kappa shape index (κ3) is 4.89. The average molecular weight is 358 g/mol. The highest BCUT2D eigenvalue weighted by Gasteiger charge is 2.17. The second-order valence-electron chi connectivity index (χ2n) is 5.79. The van der Waals surface area contributed by atoms with Crippen LogP contribution in [0.3, 0.4) is 0 Å². The fourth-order valence-electron chi connectivity index (χ4n) is 1.95. The number of carbonyl (C=O) groups is 1. The van der Waals surface area contributed by atoms with Crippen LogP contribution in [0.5, 0.6) is 11.5 Å². The Morgan fingerprint density at radius 3 is 2.76 bits per heavy atom. The molecule has 0 amide bonds. The molecule has 0 unspecified atom stereocenters. The normalized spacial score (nSPS) is 13.9. The van der Waals surface area contributed by atoms with E-state index in [9.17, 15) is 4.79 Å². The number of nitrogens with one attached hydrogen (secondary N) is 1. The lowest BCUT2D eigenvalue weighted by Crippen LogP contribution is -2.31. The van der Waals surface area contributed by atoms with E-state index in [0.29, 0.717) is 19.8 Å². The fraction of sp³-hybridized carbons (Fsp3) is 0.533. The Balaban J connectivity index is 1.89. The zero-order valence-corrected chi connectivity index (χ0v) is 14.1. The third-order valence-electron chi connectivity index (χ3n) is 2.68. The van der Waals surface area contributed by atoms with Crippen molar-refractivity contribution in [3.05, 3.63) is 22.2 Å². The van der Waals surface area contributed by atoms with Crippen LogP contribution in [0.2, 0.25) is 0 Å². The second kappa shape index (κ2) is 6.66. The maximum absolute atomic E-state index is 11.6. The van der Waals surface area contributed by atoms with E-state index in [-0.39, 0.29) is 12.5 Å². The Kier molecular flexibility index (Phi) is 5.11. The van der Waals surface area contributed by atoms with Crippen molar-refractivity contribution in [2.24, 2.45) is 0 Å². The summed E-state index contributed by atoms with van der Waals surface area (Å²) in [5, 5.41) is 3.07. The zero-order chi connectivity index (χ0) is 15.5. The van der Waals surface area contributed by atoms with E-state index in [4.69, 9.17) is 14.2 Å². The van der Waals surface area contributed by atoms with Gasteiger partial charge in [-0.2, -0.15) is 0 Å². The predicted octanol–water partition coefficient (Wildman–Crippen LogP) is 2.65. The molecule has 1 N–H and O–H groups in total. The van der Waals surface area contributed by atoms with Gasteiger partial charge in [-0.3, -0.25) is 4.79 Å². The molecule has 1 aromatic rings. The van der Waals surface area contributed by atoms with Gasteiger partial charge >= 0.3 is 5.97 Å². The number of hydrogen-bond acceptors (Lipinski definition) is 5. The highest BCUT2D eigenvalue weighted by atomic mass is 79.9. The fourth-order valence-corrected chi connectivity index (χ4v) is 2.56. The molecule has 116 valence electrons. The summed E-state index contributed by atoms with van der Waals surface area (Å²) in [6, 6.07) is 3.87. The van der Waals surface area contributed by atoms with Crippen molar-refractivity contribution < 1.29 is 19.0 Å². The van der Waals surface area contributed by atoms with Gasteiger partial charge in [-0.1, -0.05) is 0 Å². The third-order valence-corrected chi connectivity index (χ3v) is 3.26. The molecule has 0 radical (unpaired) electrons. The maximum Gasteiger partial charge on any atom is 0.320 e. The molecule has 0 aliphatic carbocycles. The lowest BCUT2D eigenvalue weighted by Gasteiger charge is -2.21. The van der Waals surface area contributed by atoms with Crippen molar-refractivity contribution >= 4 is 21.9 Å². The quantitative estimate of drug-likeness (QED) is 0.839. The van der Waals surface area contributed by atoms with Crippen LogP contribution in [0.4, 0.5) is 0 Å². The molecule has 1 aliphatic heterocycles. The lowest BCUT2D eigenvalue weighted by atomic mass is 10.2. The van der Waals surface area contributed by atoms with E-state index in [1.807, 2.05) is 32.9 Å². The molecule has 0 bridgehead atoms. The number of carbonyl (C=O) groups excluding carboxylic acids is 1. The average Bonchev–Trinajstić information content (AvgIpc) is 2.36. The maximum atomic E-state index is 11.6. The van der Waals surface area contributed by atoms with Crippen LogP contribution in [0, 0.1) is 0 Å². The van der Waals surface area contributed by atoms with Crippen LogP contribution in [0.1, 0.15) is 26.3 Å². The molecular weight excluding hydrogens is 338 g/mol. The number of ether oxygens (including phenoxy) is 3. The molecule has 6 heteroatoms. The lowest BCUT2D eigenvalue weighted by molar-refractivity contribution is -0.153. The van der Waals surface area contributed by atoms with Gasteiger partial charge in [-0.25, -0.2) is 0 Å². The summed E-state index contributed by atoms with van der Waals surface area (Å²) >= 11 is 3.47. The van der Waals surface area contributed by atoms with Crippen LogP contribution in [-0.4, -0.2) is 31.3 Å². The van der Waals surface area contributed by atoms with Gasteiger partial charge in [0.1, 0.15) is 18.8 Å². The van der Waals surface area contributed by atoms with Gasteiger partial charge < -0.3 is 19.5 Å². The molecule has 21 heavy (non-hydrogen) atoms. The van der Waals surface area contributed by atoms with Gasteiger partial charge in [0, 0.05) is 6.54 Å². The van der Waals surface area contributed by atoms with E-state index in [1.54, 1.807) is 0 Å². The van der Waals surface area contributed by atoms with Crippen molar-refractivity contribution in [1.29, 1.82) is 0 Å². The van der Waals surface area contributed by atoms with E-state index >= 15 is 0 Å². The molecule has 0 saturated heterocycles. The Bertz CT molecular complexity index is 525. The monoisotopic (exact) mass is 357 g/mol. The topological polar surface area (TPSA) is 56.8 Å². The summed E-state index contributed by atoms with van der Waals surface area (Å²) in [4.78, 5) is 11.6. The zero-order valence-electron chi connectivity index (χ0n) is 12.5. The van der Waals surface area contributed by atoms with Crippen LogP contribution >= 0.6 is 15.9 Å². The first kappa shape index (κ1) is 16.1. The Hall–Kier alpha value is -1.27. The summed E-state index contributed by atoms with van der Waals surface area (Å²) in [7, 11) is 0. The second-order valence-corrected chi connectivity index (χ2v) is 6.65. The largest absolute Gasteiger partial charge is 0.486 e. The van der Waals surface area contributed by atoms with E-state index in [0.717, 1.165) is 21.5 Å². The minimum atomic E-state index is -0.460. The molecule has 0 aromatic heterocycles. The van der Waals surface area contributed by atoms with Gasteiger partial charge in [0.05, 0.1) is 11.0 Å². The number of hydrogen-bond donors (Lipinski definition) is 1. The first-order chi connectivity index (χ1) is 9.85. The van der Waals surface area contributed by atoms with Crippen LogP contribution in [0.15, 0.2) is 16.6 Å². The number of halogens is 1. The number of fused-ring (bicyclic) bond motifs is 1. The van der Waals surface area contributed by atoms with E-state index in [2.05, 4.69) is 21.2 Å². The first-order valence-corrected chi connectivity index (χ1v) is 7.65. The molecule has 1 heterocycles. The predicted molar refractivity (Wildman–Crippen MR) is 82.7 cm³/mol. The van der Waals surface area contributed by atoms with Gasteiger partial charge in [-0.05, 0) is 54.4 Å². The smallest absolute Gasteiger partial charge is 0.320 e. The van der Waals surface area contributed by atoms with E-state index in [1.165, 1.54) is 0 Å². The number of rotatable bonds is 4. The molecule has 1 aromatic carbocycles. The van der Waals surface area contributed by atoms with Crippen molar-refractivity contribution in [3.8, 4) is 11.5 Å². The molecule has 2 rings (SSSR count). The molecule has 0 atom stereocenters. The summed E-state index contributed by atoms with van der Waals surface area (Å²) in [5.74, 6) is 1.20. The van der Waals surface area contributed by atoms with Gasteiger partial charge in [0.25, 0.3) is 0 Å². The van der Waals surface area contributed by atoms with Crippen LogP contribution < -0.4 is 14.8 Å². The molecule has 0 saturated carbocycles. The summed E-state index contributed by atoms with van der Waals surface area (Å²) in [6.45, 7) is 7.38. The minimum Gasteiger partial charge on any atom is -0.486 e. The van der Waals surface area contributed by atoms with Crippen LogP contribution in [0.25, 0.3) is 0 Å². The SMILES string of the molecule is CC(C)(C)OC(=O)CNCc1cc(Br)c2c(c1)OCCO2. The van der Waals surface area contributed by atoms with Crippen molar-refractivity contribution in [3.63, 3.8) is 0 Å². The van der Waals surface area contributed by atoms with Crippen molar-refractivity contribution in [2.75, 3.05) is 19.8 Å². The summed E-state index contributed by atoms with van der Waals surface area (Å²) < 4.78 is 17.2. The summed E-state index contributed by atoms with van der Waals surface area (Å²) in [6.07, 6.45) is 0. The standard InChI is InChI=1S/C15H20BrNO4/c1-15(2,3)21-13(18)9-17-8-10-6-11(16)14-12(7-10)19-4-5-20-14/h6-7,17H,4-5,8-9H2,1-3H3. The van der Waals surface area contributed by atoms with Crippen molar-refractivity contribution in [1.82, 2.24) is 5.32 Å². The highest BCUT2D eigenvalue weighted by Crippen LogP contribution is 2.38. The number of esters is 1. The van der Waals surface area contributed by atoms with E-state index < -0.39 is 5.60 Å². The molecule has 5 nitrogen and oxygen atoms in total. The molecule has 0 fully saturated rings. The molecule has 0 spiro atoms. The summed E-state index contributed by atoms with van der Waals surface area (Å²) in [5.41, 5.74) is 0.549. The Labute approximate surface area is 133 Å². The van der Waals surface area contributed by atoms with Gasteiger partial charge in [-0.15, -0.1) is 0 Å². The molecular formula is C15H20BrNO4.